The van der Waals surface area contributed by atoms with Gasteiger partial charge in [0.05, 0.1) is 10.2 Å². The minimum atomic E-state index is 0.729. The molecule has 0 saturated heterocycles. The van der Waals surface area contributed by atoms with Crippen LogP contribution in [-0.2, 0) is 0 Å². The minimum Gasteiger partial charge on any atom is -0.230 e. The number of aromatic nitrogens is 1. The van der Waals surface area contributed by atoms with Crippen LogP contribution in [0.5, 0.6) is 0 Å². The first kappa shape index (κ1) is 9.99. The first-order valence-corrected chi connectivity index (χ1v) is 6.54. The van der Waals surface area contributed by atoms with Crippen LogP contribution in [0.1, 0.15) is 13.8 Å². The van der Waals surface area contributed by atoms with Gasteiger partial charge in [-0.1, -0.05) is 37.7 Å². The van der Waals surface area contributed by atoms with E-state index in [1.807, 2.05) is 17.8 Å². The van der Waals surface area contributed by atoms with Crippen LogP contribution < -0.4 is 0 Å². The van der Waals surface area contributed by atoms with Gasteiger partial charge in [0.15, 0.2) is 4.34 Å². The number of thiazole rings is 1. The molecule has 74 valence electrons. The average Bonchev–Trinajstić information content (AvgIpc) is 2.57. The third-order valence-corrected chi connectivity index (χ3v) is 4.42. The van der Waals surface area contributed by atoms with Crippen LogP contribution in [-0.4, -0.2) is 10.7 Å². The highest BCUT2D eigenvalue weighted by Crippen LogP contribution is 2.30. The van der Waals surface area contributed by atoms with Crippen LogP contribution in [0.4, 0.5) is 0 Å². The lowest BCUT2D eigenvalue weighted by atomic mass is 10.3. The molecule has 0 saturated carbocycles. The predicted molar refractivity (Wildman–Crippen MR) is 65.2 cm³/mol. The molecule has 0 bridgehead atoms. The summed E-state index contributed by atoms with van der Waals surface area (Å²) in [6.45, 7) is 4.47. The van der Waals surface area contributed by atoms with E-state index in [1.165, 1.54) is 9.04 Å². The zero-order valence-electron chi connectivity index (χ0n) is 8.36. The summed E-state index contributed by atoms with van der Waals surface area (Å²) in [6.07, 6.45) is 0. The van der Waals surface area contributed by atoms with E-state index in [-0.39, 0.29) is 0 Å². The van der Waals surface area contributed by atoms with Gasteiger partial charge in [0, 0.05) is 5.75 Å². The molecule has 0 aliphatic heterocycles. The summed E-state index contributed by atoms with van der Waals surface area (Å²) in [4.78, 5) is 4.57. The van der Waals surface area contributed by atoms with Crippen molar-refractivity contribution in [2.24, 2.45) is 5.92 Å². The highest BCUT2D eigenvalue weighted by molar-refractivity contribution is 8.01. The molecular weight excluding hydrogens is 210 g/mol. The van der Waals surface area contributed by atoms with E-state index in [4.69, 9.17) is 0 Å². The molecule has 0 spiro atoms. The number of hydrogen-bond acceptors (Lipinski definition) is 3. The number of benzene rings is 1. The van der Waals surface area contributed by atoms with E-state index in [1.54, 1.807) is 11.3 Å². The fraction of sp³-hybridized carbons (Fsp3) is 0.364. The maximum atomic E-state index is 4.57. The Kier molecular flexibility index (Phi) is 3.08. The van der Waals surface area contributed by atoms with Crippen LogP contribution in [0, 0.1) is 5.92 Å². The van der Waals surface area contributed by atoms with Crippen molar-refractivity contribution in [3.63, 3.8) is 0 Å². The summed E-state index contributed by atoms with van der Waals surface area (Å²) in [5.74, 6) is 1.88. The van der Waals surface area contributed by atoms with E-state index in [9.17, 15) is 0 Å². The largest absolute Gasteiger partial charge is 0.230 e. The van der Waals surface area contributed by atoms with E-state index >= 15 is 0 Å². The number of thioether (sulfide) groups is 1. The summed E-state index contributed by atoms with van der Waals surface area (Å²) in [5, 5.41) is 0. The highest BCUT2D eigenvalue weighted by atomic mass is 32.2. The Labute approximate surface area is 92.6 Å². The quantitative estimate of drug-likeness (QED) is 0.728. The first-order valence-electron chi connectivity index (χ1n) is 4.74. The molecule has 0 amide bonds. The molecule has 0 unspecified atom stereocenters. The molecule has 0 atom stereocenters. The summed E-state index contributed by atoms with van der Waals surface area (Å²) in [6, 6.07) is 8.31. The lowest BCUT2D eigenvalue weighted by Gasteiger charge is -1.99. The fourth-order valence-corrected chi connectivity index (χ4v) is 3.20. The zero-order chi connectivity index (χ0) is 9.97. The Balaban J connectivity index is 2.19. The Hall–Kier alpha value is -0.540. The zero-order valence-corrected chi connectivity index (χ0v) is 9.99. The van der Waals surface area contributed by atoms with E-state index < -0.39 is 0 Å². The second-order valence-corrected chi connectivity index (χ2v) is 5.95. The maximum absolute atomic E-state index is 4.57. The third kappa shape index (κ3) is 2.28. The molecule has 2 rings (SSSR count). The van der Waals surface area contributed by atoms with Crippen molar-refractivity contribution >= 4 is 33.3 Å². The molecule has 2 aromatic rings. The topological polar surface area (TPSA) is 12.9 Å². The molecule has 14 heavy (non-hydrogen) atoms. The summed E-state index contributed by atoms with van der Waals surface area (Å²) < 4.78 is 2.48. The van der Waals surface area contributed by atoms with Gasteiger partial charge < -0.3 is 0 Å². The molecule has 1 heterocycles. The van der Waals surface area contributed by atoms with Gasteiger partial charge >= 0.3 is 0 Å². The molecule has 1 nitrogen and oxygen atoms in total. The standard InChI is InChI=1S/C11H13NS2/c1-8(2)7-13-11-12-9-5-3-4-6-10(9)14-11/h3-6,8H,7H2,1-2H3. The highest BCUT2D eigenvalue weighted by Gasteiger charge is 2.04. The van der Waals surface area contributed by atoms with Gasteiger partial charge in [-0.2, -0.15) is 0 Å². The van der Waals surface area contributed by atoms with Crippen molar-refractivity contribution < 1.29 is 0 Å². The number of fused-ring (bicyclic) bond motifs is 1. The maximum Gasteiger partial charge on any atom is 0.151 e. The molecule has 0 aliphatic rings. The Morgan fingerprint density at radius 2 is 2.14 bits per heavy atom. The monoisotopic (exact) mass is 223 g/mol. The summed E-state index contributed by atoms with van der Waals surface area (Å²) in [7, 11) is 0. The van der Waals surface area contributed by atoms with E-state index in [0.717, 1.165) is 17.2 Å². The normalized spacial score (nSPS) is 11.4. The molecular formula is C11H13NS2. The molecule has 1 aromatic carbocycles. The van der Waals surface area contributed by atoms with E-state index in [2.05, 4.69) is 37.0 Å². The predicted octanol–water partition coefficient (Wildman–Crippen LogP) is 4.04. The van der Waals surface area contributed by atoms with Crippen LogP contribution in [0.3, 0.4) is 0 Å². The van der Waals surface area contributed by atoms with Crippen molar-refractivity contribution in [1.29, 1.82) is 0 Å². The van der Waals surface area contributed by atoms with Gasteiger partial charge in [0.2, 0.25) is 0 Å². The number of rotatable bonds is 3. The molecule has 3 heteroatoms. The molecule has 0 fully saturated rings. The van der Waals surface area contributed by atoms with Crippen molar-refractivity contribution in [3.05, 3.63) is 24.3 Å². The van der Waals surface area contributed by atoms with Crippen molar-refractivity contribution in [3.8, 4) is 0 Å². The summed E-state index contributed by atoms with van der Waals surface area (Å²) in [5.41, 5.74) is 1.13. The van der Waals surface area contributed by atoms with Gasteiger partial charge in [-0.25, -0.2) is 4.98 Å². The number of hydrogen-bond donors (Lipinski definition) is 0. The van der Waals surface area contributed by atoms with Crippen molar-refractivity contribution in [2.75, 3.05) is 5.75 Å². The molecule has 0 radical (unpaired) electrons. The molecule has 0 aliphatic carbocycles. The van der Waals surface area contributed by atoms with Crippen molar-refractivity contribution in [1.82, 2.24) is 4.98 Å². The van der Waals surface area contributed by atoms with Crippen LogP contribution in [0.15, 0.2) is 28.6 Å². The third-order valence-electron chi connectivity index (χ3n) is 1.81. The lowest BCUT2D eigenvalue weighted by Crippen LogP contribution is -1.89. The Morgan fingerprint density at radius 3 is 2.86 bits per heavy atom. The molecule has 0 N–H and O–H groups in total. The summed E-state index contributed by atoms with van der Waals surface area (Å²) >= 11 is 3.65. The molecule has 1 aromatic heterocycles. The van der Waals surface area contributed by atoms with Gasteiger partial charge in [-0.3, -0.25) is 0 Å². The van der Waals surface area contributed by atoms with Gasteiger partial charge in [0.25, 0.3) is 0 Å². The lowest BCUT2D eigenvalue weighted by molar-refractivity contribution is 0.750. The average molecular weight is 223 g/mol. The van der Waals surface area contributed by atoms with Gasteiger partial charge in [0.1, 0.15) is 0 Å². The second-order valence-electron chi connectivity index (χ2n) is 3.65. The smallest absolute Gasteiger partial charge is 0.151 e. The Morgan fingerprint density at radius 1 is 1.36 bits per heavy atom. The van der Waals surface area contributed by atoms with Crippen LogP contribution in [0.25, 0.3) is 10.2 Å². The fourth-order valence-electron chi connectivity index (χ4n) is 1.15. The van der Waals surface area contributed by atoms with Crippen molar-refractivity contribution in [2.45, 2.75) is 18.2 Å². The van der Waals surface area contributed by atoms with Crippen LogP contribution in [0.2, 0.25) is 0 Å². The first-order chi connectivity index (χ1) is 6.75. The van der Waals surface area contributed by atoms with Gasteiger partial charge in [-0.05, 0) is 18.1 Å². The Bertz CT molecular complexity index is 387. The van der Waals surface area contributed by atoms with Crippen LogP contribution >= 0.6 is 23.1 Å². The minimum absolute atomic E-state index is 0.729. The second kappa shape index (κ2) is 4.32. The SMILES string of the molecule is CC(C)CSc1nc2ccccc2s1. The number of nitrogens with zero attached hydrogens (tertiary/aromatic N) is 1. The van der Waals surface area contributed by atoms with Gasteiger partial charge in [-0.15, -0.1) is 11.3 Å². The van der Waals surface area contributed by atoms with E-state index in [0.29, 0.717) is 0 Å². The number of para-hydroxylation sites is 1.